The highest BCUT2D eigenvalue weighted by Crippen LogP contribution is 2.22. The molecule has 5 heteroatoms. The molecule has 1 aromatic carbocycles. The number of amides is 1. The number of benzene rings is 1. The van der Waals surface area contributed by atoms with Gasteiger partial charge in [-0.3, -0.25) is 4.79 Å². The van der Waals surface area contributed by atoms with Crippen molar-refractivity contribution in [2.45, 2.75) is 13.8 Å². The van der Waals surface area contributed by atoms with E-state index in [4.69, 9.17) is 11.6 Å². The Labute approximate surface area is 123 Å². The second-order valence-electron chi connectivity index (χ2n) is 4.44. The van der Waals surface area contributed by atoms with E-state index in [-0.39, 0.29) is 5.91 Å². The van der Waals surface area contributed by atoms with Gasteiger partial charge in [-0.1, -0.05) is 17.7 Å². The number of nitrogens with one attached hydrogen (secondary N) is 1. The molecule has 20 heavy (non-hydrogen) atoms. The molecule has 0 saturated carbocycles. The first-order chi connectivity index (χ1) is 9.54. The Morgan fingerprint density at radius 3 is 2.55 bits per heavy atom. The summed E-state index contributed by atoms with van der Waals surface area (Å²) in [7, 11) is 0. The standard InChI is InChI=1S/C15H16ClN3O/c1-4-9-17-15(20)12-5-7-13(8-6-12)19-11(3)14(16)10(2)18-19/h4-8H,1,9H2,2-3H3,(H,17,20). The predicted octanol–water partition coefficient (Wildman–Crippen LogP) is 3.06. The molecule has 2 aromatic rings. The molecule has 0 aliphatic heterocycles. The van der Waals surface area contributed by atoms with Crippen LogP contribution < -0.4 is 5.32 Å². The predicted molar refractivity (Wildman–Crippen MR) is 80.6 cm³/mol. The maximum atomic E-state index is 11.8. The van der Waals surface area contributed by atoms with Gasteiger partial charge in [0.25, 0.3) is 5.91 Å². The number of aromatic nitrogens is 2. The molecule has 0 aliphatic carbocycles. The van der Waals surface area contributed by atoms with Crippen LogP contribution in [0.5, 0.6) is 0 Å². The molecule has 0 atom stereocenters. The Hall–Kier alpha value is -2.07. The molecule has 1 N–H and O–H groups in total. The summed E-state index contributed by atoms with van der Waals surface area (Å²) in [5.74, 6) is -0.122. The van der Waals surface area contributed by atoms with Gasteiger partial charge < -0.3 is 5.32 Å². The van der Waals surface area contributed by atoms with Crippen LogP contribution >= 0.6 is 11.6 Å². The number of carbonyl (C=O) groups is 1. The number of nitrogens with zero attached hydrogens (tertiary/aromatic N) is 2. The van der Waals surface area contributed by atoms with E-state index in [0.717, 1.165) is 17.1 Å². The van der Waals surface area contributed by atoms with E-state index in [0.29, 0.717) is 17.1 Å². The minimum atomic E-state index is -0.122. The monoisotopic (exact) mass is 289 g/mol. The summed E-state index contributed by atoms with van der Waals surface area (Å²) >= 11 is 6.13. The van der Waals surface area contributed by atoms with Crippen molar-refractivity contribution in [2.75, 3.05) is 6.54 Å². The van der Waals surface area contributed by atoms with Gasteiger partial charge in [-0.2, -0.15) is 5.10 Å². The fourth-order valence-electron chi connectivity index (χ4n) is 1.90. The Kier molecular flexibility index (Phi) is 4.25. The van der Waals surface area contributed by atoms with Gasteiger partial charge in [0.2, 0.25) is 0 Å². The second kappa shape index (κ2) is 5.92. The van der Waals surface area contributed by atoms with Crippen molar-refractivity contribution in [3.05, 3.63) is 58.9 Å². The minimum absolute atomic E-state index is 0.122. The van der Waals surface area contributed by atoms with Crippen molar-refractivity contribution in [2.24, 2.45) is 0 Å². The lowest BCUT2D eigenvalue weighted by molar-refractivity contribution is 0.0958. The summed E-state index contributed by atoms with van der Waals surface area (Å²) in [5.41, 5.74) is 3.14. The molecule has 0 bridgehead atoms. The van der Waals surface area contributed by atoms with Crippen LogP contribution in [0.3, 0.4) is 0 Å². The summed E-state index contributed by atoms with van der Waals surface area (Å²) in [5, 5.41) is 7.77. The molecule has 0 spiro atoms. The molecule has 1 amide bonds. The minimum Gasteiger partial charge on any atom is -0.349 e. The highest BCUT2D eigenvalue weighted by Gasteiger charge is 2.11. The SMILES string of the molecule is C=CCNC(=O)c1ccc(-n2nc(C)c(Cl)c2C)cc1. The molecule has 1 heterocycles. The van der Waals surface area contributed by atoms with E-state index in [1.165, 1.54) is 0 Å². The molecule has 0 unspecified atom stereocenters. The van der Waals surface area contributed by atoms with Crippen LogP contribution in [-0.2, 0) is 0 Å². The zero-order chi connectivity index (χ0) is 14.7. The van der Waals surface area contributed by atoms with E-state index in [1.54, 1.807) is 22.9 Å². The average Bonchev–Trinajstić information content (AvgIpc) is 2.72. The van der Waals surface area contributed by atoms with Crippen molar-refractivity contribution < 1.29 is 4.79 Å². The maximum Gasteiger partial charge on any atom is 0.251 e. The van der Waals surface area contributed by atoms with Crippen LogP contribution in [0.2, 0.25) is 5.02 Å². The zero-order valence-electron chi connectivity index (χ0n) is 11.5. The van der Waals surface area contributed by atoms with Crippen LogP contribution in [0.25, 0.3) is 5.69 Å². The molecule has 0 fully saturated rings. The smallest absolute Gasteiger partial charge is 0.251 e. The number of aryl methyl sites for hydroxylation is 1. The number of hydrogen-bond acceptors (Lipinski definition) is 2. The molecular formula is C15H16ClN3O. The summed E-state index contributed by atoms with van der Waals surface area (Å²) < 4.78 is 1.77. The Morgan fingerprint density at radius 1 is 1.40 bits per heavy atom. The van der Waals surface area contributed by atoms with E-state index in [2.05, 4.69) is 17.0 Å². The fraction of sp³-hybridized carbons (Fsp3) is 0.200. The van der Waals surface area contributed by atoms with Gasteiger partial charge in [-0.25, -0.2) is 4.68 Å². The lowest BCUT2D eigenvalue weighted by Crippen LogP contribution is -2.23. The first-order valence-electron chi connectivity index (χ1n) is 6.26. The van der Waals surface area contributed by atoms with Crippen molar-refractivity contribution in [1.82, 2.24) is 15.1 Å². The van der Waals surface area contributed by atoms with E-state index >= 15 is 0 Å². The van der Waals surface area contributed by atoms with Gasteiger partial charge in [0.1, 0.15) is 0 Å². The van der Waals surface area contributed by atoms with Crippen LogP contribution in [0.4, 0.5) is 0 Å². The average molecular weight is 290 g/mol. The van der Waals surface area contributed by atoms with Crippen molar-refractivity contribution in [3.8, 4) is 5.69 Å². The molecule has 4 nitrogen and oxygen atoms in total. The number of halogens is 1. The van der Waals surface area contributed by atoms with Crippen LogP contribution in [0, 0.1) is 13.8 Å². The lowest BCUT2D eigenvalue weighted by atomic mass is 10.2. The Balaban J connectivity index is 2.26. The quantitative estimate of drug-likeness (QED) is 0.879. The third kappa shape index (κ3) is 2.75. The van der Waals surface area contributed by atoms with Crippen molar-refractivity contribution >= 4 is 17.5 Å². The van der Waals surface area contributed by atoms with Crippen LogP contribution in [0.1, 0.15) is 21.7 Å². The molecule has 0 aliphatic rings. The third-order valence-corrected chi connectivity index (χ3v) is 3.53. The molecule has 1 aromatic heterocycles. The molecule has 2 rings (SSSR count). The first kappa shape index (κ1) is 14.3. The maximum absolute atomic E-state index is 11.8. The van der Waals surface area contributed by atoms with E-state index in [9.17, 15) is 4.79 Å². The van der Waals surface area contributed by atoms with Crippen molar-refractivity contribution in [1.29, 1.82) is 0 Å². The second-order valence-corrected chi connectivity index (χ2v) is 4.82. The normalized spacial score (nSPS) is 10.3. The third-order valence-electron chi connectivity index (χ3n) is 2.98. The zero-order valence-corrected chi connectivity index (χ0v) is 12.2. The fourth-order valence-corrected chi connectivity index (χ4v) is 2.01. The van der Waals surface area contributed by atoms with Gasteiger partial charge in [0.15, 0.2) is 0 Å². The Bertz CT molecular complexity index is 644. The number of carbonyl (C=O) groups excluding carboxylic acids is 1. The van der Waals surface area contributed by atoms with Gasteiger partial charge in [-0.05, 0) is 38.1 Å². The molecule has 104 valence electrons. The number of rotatable bonds is 4. The summed E-state index contributed by atoms with van der Waals surface area (Å²) in [4.78, 5) is 11.8. The largest absolute Gasteiger partial charge is 0.349 e. The van der Waals surface area contributed by atoms with E-state index in [1.807, 2.05) is 26.0 Å². The topological polar surface area (TPSA) is 46.9 Å². The van der Waals surface area contributed by atoms with Gasteiger partial charge in [0, 0.05) is 12.1 Å². The van der Waals surface area contributed by atoms with Crippen molar-refractivity contribution in [3.63, 3.8) is 0 Å². The Morgan fingerprint density at radius 2 is 2.05 bits per heavy atom. The number of hydrogen-bond donors (Lipinski definition) is 1. The summed E-state index contributed by atoms with van der Waals surface area (Å²) in [6.45, 7) is 7.79. The van der Waals surface area contributed by atoms with Crippen LogP contribution in [0.15, 0.2) is 36.9 Å². The highest BCUT2D eigenvalue weighted by atomic mass is 35.5. The molecular weight excluding hydrogens is 274 g/mol. The van der Waals surface area contributed by atoms with Crippen LogP contribution in [-0.4, -0.2) is 22.2 Å². The van der Waals surface area contributed by atoms with Gasteiger partial charge >= 0.3 is 0 Å². The van der Waals surface area contributed by atoms with E-state index < -0.39 is 0 Å². The van der Waals surface area contributed by atoms with Gasteiger partial charge in [0.05, 0.1) is 22.1 Å². The first-order valence-corrected chi connectivity index (χ1v) is 6.63. The summed E-state index contributed by atoms with van der Waals surface area (Å²) in [6, 6.07) is 7.22. The highest BCUT2D eigenvalue weighted by molar-refractivity contribution is 6.31. The molecule has 0 saturated heterocycles. The summed E-state index contributed by atoms with van der Waals surface area (Å²) in [6.07, 6.45) is 1.64. The molecule has 0 radical (unpaired) electrons. The van der Waals surface area contributed by atoms with Gasteiger partial charge in [-0.15, -0.1) is 6.58 Å². The lowest BCUT2D eigenvalue weighted by Gasteiger charge is -2.06.